The molecule has 0 saturated carbocycles. The minimum Gasteiger partial charge on any atom is -0.497 e. The van der Waals surface area contributed by atoms with Crippen LogP contribution in [0.3, 0.4) is 0 Å². The van der Waals surface area contributed by atoms with Crippen LogP contribution in [0.15, 0.2) is 52.1 Å². The van der Waals surface area contributed by atoms with Crippen LogP contribution in [0.2, 0.25) is 0 Å². The number of carbonyl (C=O) groups excluding carboxylic acids is 2. The quantitative estimate of drug-likeness (QED) is 0.457. The molecule has 2 aliphatic carbocycles. The van der Waals surface area contributed by atoms with Crippen molar-refractivity contribution in [2.75, 3.05) is 14.2 Å². The van der Waals surface area contributed by atoms with Crippen molar-refractivity contribution in [2.24, 2.45) is 10.4 Å². The summed E-state index contributed by atoms with van der Waals surface area (Å²) in [5.74, 6) is 0.00265. The van der Waals surface area contributed by atoms with E-state index in [-0.39, 0.29) is 5.78 Å². The molecule has 1 aromatic rings. The highest BCUT2D eigenvalue weighted by Crippen LogP contribution is 2.49. The van der Waals surface area contributed by atoms with E-state index >= 15 is 0 Å². The lowest BCUT2D eigenvalue weighted by molar-refractivity contribution is -0.154. The topological polar surface area (TPSA) is 65.0 Å². The van der Waals surface area contributed by atoms with E-state index in [1.165, 1.54) is 7.11 Å². The molecule has 1 unspecified atom stereocenters. The number of rotatable bonds is 5. The summed E-state index contributed by atoms with van der Waals surface area (Å²) in [6.07, 6.45) is 7.73. The van der Waals surface area contributed by atoms with Gasteiger partial charge in [-0.2, -0.15) is 0 Å². The first-order chi connectivity index (χ1) is 12.5. The lowest BCUT2D eigenvalue weighted by atomic mass is 9.60. The summed E-state index contributed by atoms with van der Waals surface area (Å²) >= 11 is 0. The van der Waals surface area contributed by atoms with Crippen LogP contribution >= 0.6 is 0 Å². The van der Waals surface area contributed by atoms with Gasteiger partial charge in [0.05, 0.1) is 19.9 Å². The fraction of sp³-hybridized carbons (Fsp3) is 0.381. The first-order valence-corrected chi connectivity index (χ1v) is 8.78. The molecule has 5 nitrogen and oxygen atoms in total. The van der Waals surface area contributed by atoms with Crippen molar-refractivity contribution in [2.45, 2.75) is 32.6 Å². The number of Topliss-reactive ketones (excluding diaryl/α,β-unsaturated/α-hetero) is 1. The Kier molecular flexibility index (Phi) is 5.07. The predicted molar refractivity (Wildman–Crippen MR) is 99.9 cm³/mol. The second kappa shape index (κ2) is 7.28. The molecular formula is C21H23NO4. The number of hydrogen-bond acceptors (Lipinski definition) is 5. The second-order valence-electron chi connectivity index (χ2n) is 6.67. The molecule has 0 saturated heterocycles. The number of nitrogens with zero attached hydrogens (tertiary/aromatic N) is 1. The minimum absolute atomic E-state index is 0.233. The molecule has 0 N–H and O–H groups in total. The van der Waals surface area contributed by atoms with Crippen LogP contribution in [0.5, 0.6) is 5.75 Å². The monoisotopic (exact) mass is 353 g/mol. The summed E-state index contributed by atoms with van der Waals surface area (Å²) in [6.45, 7) is 1.65. The highest BCUT2D eigenvalue weighted by molar-refractivity contribution is 6.31. The molecule has 2 aliphatic rings. The fourth-order valence-electron chi connectivity index (χ4n) is 3.59. The molecular weight excluding hydrogens is 330 g/mol. The molecule has 136 valence electrons. The maximum absolute atomic E-state index is 12.8. The smallest absolute Gasteiger partial charge is 0.324 e. The number of ether oxygens (including phenoxy) is 2. The summed E-state index contributed by atoms with van der Waals surface area (Å²) in [5, 5.41) is 0. The van der Waals surface area contributed by atoms with E-state index < -0.39 is 11.4 Å². The van der Waals surface area contributed by atoms with Crippen LogP contribution in [0, 0.1) is 5.41 Å². The molecule has 0 aliphatic heterocycles. The molecule has 5 heteroatoms. The van der Waals surface area contributed by atoms with Crippen LogP contribution in [0.25, 0.3) is 0 Å². The molecule has 1 aromatic carbocycles. The van der Waals surface area contributed by atoms with Crippen molar-refractivity contribution in [1.82, 2.24) is 0 Å². The van der Waals surface area contributed by atoms with Gasteiger partial charge in [-0.1, -0.05) is 6.08 Å². The van der Waals surface area contributed by atoms with Crippen LogP contribution in [-0.4, -0.2) is 32.2 Å². The summed E-state index contributed by atoms with van der Waals surface area (Å²) in [4.78, 5) is 29.5. The van der Waals surface area contributed by atoms with E-state index in [2.05, 4.69) is 11.1 Å². The molecule has 0 spiro atoms. The van der Waals surface area contributed by atoms with Gasteiger partial charge in [-0.15, -0.1) is 0 Å². The normalized spacial score (nSPS) is 22.9. The maximum Gasteiger partial charge on any atom is 0.324 e. The first kappa shape index (κ1) is 18.1. The van der Waals surface area contributed by atoms with Gasteiger partial charge in [0.2, 0.25) is 0 Å². The zero-order valence-electron chi connectivity index (χ0n) is 15.4. The number of methoxy groups -OCH3 is 2. The predicted octanol–water partition coefficient (Wildman–Crippen LogP) is 3.96. The van der Waals surface area contributed by atoms with E-state index in [0.29, 0.717) is 5.57 Å². The molecule has 26 heavy (non-hydrogen) atoms. The Hall–Kier alpha value is -2.69. The fourth-order valence-corrected chi connectivity index (χ4v) is 3.59. The van der Waals surface area contributed by atoms with Crippen LogP contribution < -0.4 is 4.74 Å². The number of ketones is 1. The van der Waals surface area contributed by atoms with Crippen molar-refractivity contribution in [3.05, 3.63) is 47.1 Å². The maximum atomic E-state index is 12.8. The number of esters is 1. The molecule has 0 bridgehead atoms. The summed E-state index contributed by atoms with van der Waals surface area (Å²) in [5.41, 5.74) is 1.84. The van der Waals surface area contributed by atoms with Gasteiger partial charge < -0.3 is 9.47 Å². The largest absolute Gasteiger partial charge is 0.497 e. The molecule has 1 atom stereocenters. The number of hydrogen-bond donors (Lipinski definition) is 0. The average Bonchev–Trinajstić information content (AvgIpc) is 2.70. The van der Waals surface area contributed by atoms with Gasteiger partial charge >= 0.3 is 5.97 Å². The first-order valence-electron chi connectivity index (χ1n) is 8.78. The lowest BCUT2D eigenvalue weighted by Gasteiger charge is -2.39. The van der Waals surface area contributed by atoms with E-state index in [4.69, 9.17) is 9.47 Å². The minimum atomic E-state index is -1.22. The Labute approximate surface area is 153 Å². The van der Waals surface area contributed by atoms with Gasteiger partial charge in [0.15, 0.2) is 11.2 Å². The molecule has 0 aromatic heterocycles. The van der Waals surface area contributed by atoms with Gasteiger partial charge in [0, 0.05) is 11.8 Å². The van der Waals surface area contributed by atoms with Crippen molar-refractivity contribution >= 4 is 23.7 Å². The van der Waals surface area contributed by atoms with Crippen LogP contribution in [-0.2, 0) is 14.3 Å². The third-order valence-corrected chi connectivity index (χ3v) is 5.09. The second-order valence-corrected chi connectivity index (χ2v) is 6.67. The highest BCUT2D eigenvalue weighted by atomic mass is 16.5. The highest BCUT2D eigenvalue weighted by Gasteiger charge is 2.56. The van der Waals surface area contributed by atoms with E-state index in [9.17, 15) is 9.59 Å². The van der Waals surface area contributed by atoms with Gasteiger partial charge in [-0.25, -0.2) is 0 Å². The molecule has 0 fully saturated rings. The Bertz CT molecular complexity index is 817. The Balaban J connectivity index is 1.98. The zero-order valence-corrected chi connectivity index (χ0v) is 15.4. The SMILES string of the molecule is COC(=O)C1(C)C(=O)C(C=Nc2ccc(OC)cc2)=C1C1=CCCCC1. The third kappa shape index (κ3) is 2.98. The van der Waals surface area contributed by atoms with E-state index in [1.807, 2.05) is 24.3 Å². The van der Waals surface area contributed by atoms with Crippen molar-refractivity contribution < 1.29 is 19.1 Å². The number of aliphatic imine (C=N–C) groups is 1. The van der Waals surface area contributed by atoms with E-state index in [1.54, 1.807) is 20.2 Å². The summed E-state index contributed by atoms with van der Waals surface area (Å²) in [6, 6.07) is 7.26. The van der Waals surface area contributed by atoms with E-state index in [0.717, 1.165) is 48.3 Å². The summed E-state index contributed by atoms with van der Waals surface area (Å²) in [7, 11) is 2.92. The Morgan fingerprint density at radius 2 is 1.92 bits per heavy atom. The van der Waals surface area contributed by atoms with Gasteiger partial charge in [0.25, 0.3) is 0 Å². The Morgan fingerprint density at radius 1 is 1.19 bits per heavy atom. The molecule has 0 radical (unpaired) electrons. The summed E-state index contributed by atoms with van der Waals surface area (Å²) < 4.78 is 10.0. The number of allylic oxidation sites excluding steroid dienone is 3. The van der Waals surface area contributed by atoms with Crippen molar-refractivity contribution in [1.29, 1.82) is 0 Å². The van der Waals surface area contributed by atoms with Crippen LogP contribution in [0.4, 0.5) is 5.69 Å². The van der Waals surface area contributed by atoms with Crippen LogP contribution in [0.1, 0.15) is 32.6 Å². The Morgan fingerprint density at radius 3 is 2.50 bits per heavy atom. The van der Waals surface area contributed by atoms with Gasteiger partial charge in [0.1, 0.15) is 5.75 Å². The van der Waals surface area contributed by atoms with Crippen molar-refractivity contribution in [3.8, 4) is 5.75 Å². The standard InChI is InChI=1S/C21H23NO4/c1-21(20(24)26-3)18(14-7-5-4-6-8-14)17(19(21)23)13-22-15-9-11-16(25-2)12-10-15/h7,9-13H,4-6,8H2,1-3H3. The third-order valence-electron chi connectivity index (χ3n) is 5.09. The molecule has 0 amide bonds. The lowest BCUT2D eigenvalue weighted by Crippen LogP contribution is -2.49. The van der Waals surface area contributed by atoms with Gasteiger partial charge in [-0.3, -0.25) is 14.6 Å². The average molecular weight is 353 g/mol. The zero-order chi connectivity index (χ0) is 18.7. The van der Waals surface area contributed by atoms with Crippen molar-refractivity contribution in [3.63, 3.8) is 0 Å². The molecule has 0 heterocycles. The number of benzene rings is 1. The number of carbonyl (C=O) groups is 2. The van der Waals surface area contributed by atoms with Gasteiger partial charge in [-0.05, 0) is 68.0 Å². The molecule has 3 rings (SSSR count).